The summed E-state index contributed by atoms with van der Waals surface area (Å²) in [5.74, 6) is 1.39. The van der Waals surface area contributed by atoms with Gasteiger partial charge in [0.1, 0.15) is 17.9 Å². The highest BCUT2D eigenvalue weighted by Crippen LogP contribution is 2.34. The van der Waals surface area contributed by atoms with Gasteiger partial charge in [-0.3, -0.25) is 9.78 Å². The zero-order valence-corrected chi connectivity index (χ0v) is 15.6. The van der Waals surface area contributed by atoms with Crippen molar-refractivity contribution in [2.45, 2.75) is 0 Å². The lowest BCUT2D eigenvalue weighted by Gasteiger charge is -2.13. The number of fused-ring (bicyclic) bond motifs is 2. The molecule has 0 saturated carbocycles. The molecule has 4 aromatic rings. The fraction of sp³-hybridized carbons (Fsp3) is 0.190. The van der Waals surface area contributed by atoms with Crippen LogP contribution < -0.4 is 15.0 Å². The molecule has 0 atom stereocenters. The first-order valence-electron chi connectivity index (χ1n) is 8.79. The molecule has 4 rings (SSSR count). The number of ether oxygens (including phenoxy) is 3. The highest BCUT2D eigenvalue weighted by Gasteiger charge is 2.15. The van der Waals surface area contributed by atoms with Gasteiger partial charge in [0.2, 0.25) is 0 Å². The van der Waals surface area contributed by atoms with Gasteiger partial charge in [0.25, 0.3) is 5.56 Å². The van der Waals surface area contributed by atoms with Crippen molar-refractivity contribution < 1.29 is 14.2 Å². The summed E-state index contributed by atoms with van der Waals surface area (Å²) in [5.41, 5.74) is 1.86. The molecule has 7 heteroatoms. The van der Waals surface area contributed by atoms with E-state index >= 15 is 0 Å². The van der Waals surface area contributed by atoms with Gasteiger partial charge >= 0.3 is 0 Å². The molecule has 0 aliphatic heterocycles. The number of nitrogens with zero attached hydrogens (tertiary/aromatic N) is 2. The van der Waals surface area contributed by atoms with Gasteiger partial charge in [-0.1, -0.05) is 6.07 Å². The molecule has 0 aliphatic carbocycles. The van der Waals surface area contributed by atoms with Crippen LogP contribution in [0.5, 0.6) is 11.5 Å². The van der Waals surface area contributed by atoms with E-state index in [0.717, 1.165) is 16.5 Å². The van der Waals surface area contributed by atoms with E-state index in [1.54, 1.807) is 25.4 Å². The summed E-state index contributed by atoms with van der Waals surface area (Å²) in [4.78, 5) is 24.5. The number of hydrogen-bond acceptors (Lipinski definition) is 6. The molecule has 0 saturated heterocycles. The Labute approximate surface area is 160 Å². The van der Waals surface area contributed by atoms with Crippen molar-refractivity contribution in [1.82, 2.24) is 15.0 Å². The van der Waals surface area contributed by atoms with Gasteiger partial charge in [0.15, 0.2) is 11.5 Å². The Morgan fingerprint density at radius 1 is 1.07 bits per heavy atom. The highest BCUT2D eigenvalue weighted by atomic mass is 16.5. The predicted octanol–water partition coefficient (Wildman–Crippen LogP) is 3.17. The molecule has 0 radical (unpaired) electrons. The number of H-pyrrole nitrogens is 1. The van der Waals surface area contributed by atoms with Gasteiger partial charge in [-0.25, -0.2) is 4.98 Å². The van der Waals surface area contributed by atoms with E-state index < -0.39 is 0 Å². The first-order valence-corrected chi connectivity index (χ1v) is 8.79. The van der Waals surface area contributed by atoms with Crippen LogP contribution in [0.1, 0.15) is 0 Å². The van der Waals surface area contributed by atoms with Gasteiger partial charge in [-0.2, -0.15) is 0 Å². The normalized spacial score (nSPS) is 11.1. The third-order valence-corrected chi connectivity index (χ3v) is 4.42. The second-order valence-corrected chi connectivity index (χ2v) is 6.16. The van der Waals surface area contributed by atoms with Crippen LogP contribution in [0.4, 0.5) is 0 Å². The van der Waals surface area contributed by atoms with Gasteiger partial charge in [0.05, 0.1) is 24.6 Å². The maximum atomic E-state index is 12.7. The third-order valence-electron chi connectivity index (χ3n) is 4.42. The standard InChI is InChI=1S/C21H19N3O4/c1-26-10-11-28-17-8-6-15-18(19(17)27-2)23-20(24-21(15)25)14-5-7-16-13(12-14)4-3-9-22-16/h3-9,12H,10-11H2,1-2H3,(H,23,24,25). The Kier molecular flexibility index (Phi) is 4.90. The summed E-state index contributed by atoms with van der Waals surface area (Å²) >= 11 is 0. The predicted molar refractivity (Wildman–Crippen MR) is 107 cm³/mol. The zero-order valence-electron chi connectivity index (χ0n) is 15.6. The number of nitrogens with one attached hydrogen (secondary N) is 1. The summed E-state index contributed by atoms with van der Waals surface area (Å²) < 4.78 is 16.2. The van der Waals surface area contributed by atoms with Crippen LogP contribution in [0.15, 0.2) is 53.5 Å². The fourth-order valence-electron chi connectivity index (χ4n) is 3.07. The minimum atomic E-state index is -0.243. The molecule has 142 valence electrons. The molecule has 1 N–H and O–H groups in total. The zero-order chi connectivity index (χ0) is 19.5. The van der Waals surface area contributed by atoms with Crippen molar-refractivity contribution in [1.29, 1.82) is 0 Å². The first-order chi connectivity index (χ1) is 13.7. The molecule has 0 unspecified atom stereocenters. The quantitative estimate of drug-likeness (QED) is 0.520. The number of benzene rings is 2. The minimum Gasteiger partial charge on any atom is -0.491 e. The molecule has 0 fully saturated rings. The molecule has 2 heterocycles. The van der Waals surface area contributed by atoms with Gasteiger partial charge in [-0.15, -0.1) is 0 Å². The maximum Gasteiger partial charge on any atom is 0.259 e. The van der Waals surface area contributed by atoms with Crippen LogP contribution in [-0.2, 0) is 4.74 Å². The molecule has 7 nitrogen and oxygen atoms in total. The highest BCUT2D eigenvalue weighted by molar-refractivity contribution is 5.89. The lowest BCUT2D eigenvalue weighted by Crippen LogP contribution is -2.11. The van der Waals surface area contributed by atoms with Crippen molar-refractivity contribution in [2.24, 2.45) is 0 Å². The van der Waals surface area contributed by atoms with Crippen LogP contribution in [0.3, 0.4) is 0 Å². The second kappa shape index (κ2) is 7.66. The second-order valence-electron chi connectivity index (χ2n) is 6.16. The minimum absolute atomic E-state index is 0.243. The maximum absolute atomic E-state index is 12.7. The first kappa shape index (κ1) is 17.9. The molecule has 0 amide bonds. The van der Waals surface area contributed by atoms with E-state index in [-0.39, 0.29) is 5.56 Å². The van der Waals surface area contributed by atoms with Crippen molar-refractivity contribution in [2.75, 3.05) is 27.4 Å². The molecular formula is C21H19N3O4. The third kappa shape index (κ3) is 3.27. The van der Waals surface area contributed by atoms with Crippen LogP contribution in [0, 0.1) is 0 Å². The molecule has 28 heavy (non-hydrogen) atoms. The molecule has 2 aromatic heterocycles. The van der Waals surface area contributed by atoms with Crippen LogP contribution in [0.2, 0.25) is 0 Å². The van der Waals surface area contributed by atoms with Crippen molar-refractivity contribution in [3.8, 4) is 22.9 Å². The van der Waals surface area contributed by atoms with Crippen molar-refractivity contribution in [3.05, 3.63) is 59.0 Å². The van der Waals surface area contributed by atoms with Gasteiger partial charge in [-0.05, 0) is 36.4 Å². The average Bonchev–Trinajstić information content (AvgIpc) is 2.73. The number of pyridine rings is 1. The van der Waals surface area contributed by atoms with Gasteiger partial charge in [0, 0.05) is 24.3 Å². The largest absolute Gasteiger partial charge is 0.491 e. The summed E-state index contributed by atoms with van der Waals surface area (Å²) in [6.45, 7) is 0.812. The van der Waals surface area contributed by atoms with Crippen LogP contribution in [-0.4, -0.2) is 42.4 Å². The van der Waals surface area contributed by atoms with E-state index in [1.165, 1.54) is 7.11 Å². The number of methoxy groups -OCH3 is 2. The number of hydrogen-bond donors (Lipinski definition) is 1. The smallest absolute Gasteiger partial charge is 0.259 e. The van der Waals surface area contributed by atoms with E-state index in [2.05, 4.69) is 15.0 Å². The fourth-order valence-corrected chi connectivity index (χ4v) is 3.07. The number of aromatic amines is 1. The van der Waals surface area contributed by atoms with E-state index in [0.29, 0.717) is 41.4 Å². The lowest BCUT2D eigenvalue weighted by atomic mass is 10.1. The molecule has 2 aromatic carbocycles. The topological polar surface area (TPSA) is 86.3 Å². The van der Waals surface area contributed by atoms with E-state index in [9.17, 15) is 4.79 Å². The Morgan fingerprint density at radius 3 is 2.79 bits per heavy atom. The summed E-state index contributed by atoms with van der Waals surface area (Å²) in [5, 5.41) is 1.40. The summed E-state index contributed by atoms with van der Waals surface area (Å²) in [6, 6.07) is 12.9. The van der Waals surface area contributed by atoms with Crippen molar-refractivity contribution in [3.63, 3.8) is 0 Å². The molecular weight excluding hydrogens is 358 g/mol. The number of aromatic nitrogens is 3. The van der Waals surface area contributed by atoms with Crippen LogP contribution in [0.25, 0.3) is 33.2 Å². The molecule has 0 spiro atoms. The van der Waals surface area contributed by atoms with E-state index in [1.807, 2.05) is 30.3 Å². The van der Waals surface area contributed by atoms with E-state index in [4.69, 9.17) is 14.2 Å². The average molecular weight is 377 g/mol. The lowest BCUT2D eigenvalue weighted by molar-refractivity contribution is 0.144. The number of rotatable bonds is 6. The van der Waals surface area contributed by atoms with Crippen molar-refractivity contribution >= 4 is 21.8 Å². The Bertz CT molecular complexity index is 1200. The SMILES string of the molecule is COCCOc1ccc2c(=O)[nH]c(-c3ccc4ncccc4c3)nc2c1OC. The Hall–Kier alpha value is -3.45. The monoisotopic (exact) mass is 377 g/mol. The van der Waals surface area contributed by atoms with Crippen LogP contribution >= 0.6 is 0 Å². The summed E-state index contributed by atoms with van der Waals surface area (Å²) in [6.07, 6.45) is 1.74. The Morgan fingerprint density at radius 2 is 1.96 bits per heavy atom. The van der Waals surface area contributed by atoms with Gasteiger partial charge < -0.3 is 19.2 Å². The summed E-state index contributed by atoms with van der Waals surface area (Å²) in [7, 11) is 3.13. The molecule has 0 aliphatic rings. The Balaban J connectivity index is 1.86. The molecule has 0 bridgehead atoms.